The molecule has 1 saturated heterocycles. The van der Waals surface area contributed by atoms with Crippen LogP contribution in [0.3, 0.4) is 0 Å². The zero-order chi connectivity index (χ0) is 19.7. The minimum Gasteiger partial charge on any atom is -0.440 e. The third-order valence-corrected chi connectivity index (χ3v) is 5.27. The van der Waals surface area contributed by atoms with E-state index in [9.17, 15) is 9.59 Å². The van der Waals surface area contributed by atoms with Crippen LogP contribution in [0.25, 0.3) is 11.1 Å². The number of nitrogens with zero attached hydrogens (tertiary/aromatic N) is 2. The first kappa shape index (κ1) is 18.5. The lowest BCUT2D eigenvalue weighted by molar-refractivity contribution is -0.123. The number of carbonyl (C=O) groups is 2. The van der Waals surface area contributed by atoms with Gasteiger partial charge in [0.15, 0.2) is 11.5 Å². The molecule has 7 heteroatoms. The first-order valence-electron chi connectivity index (χ1n) is 9.22. The van der Waals surface area contributed by atoms with Gasteiger partial charge < -0.3 is 15.1 Å². The Bertz CT molecular complexity index is 1050. The Morgan fingerprint density at radius 3 is 2.89 bits per heavy atom. The van der Waals surface area contributed by atoms with Crippen LogP contribution < -0.4 is 5.73 Å². The van der Waals surface area contributed by atoms with Crippen molar-refractivity contribution in [3.63, 3.8) is 0 Å². The Labute approximate surface area is 167 Å². The summed E-state index contributed by atoms with van der Waals surface area (Å²) in [5.74, 6) is -0.195. The fraction of sp³-hybridized carbons (Fsp3) is 0.286. The van der Waals surface area contributed by atoms with Crippen molar-refractivity contribution in [2.75, 3.05) is 13.1 Å². The molecule has 3 aromatic rings. The summed E-state index contributed by atoms with van der Waals surface area (Å²) in [6.07, 6.45) is 2.02. The number of oxazole rings is 1. The molecule has 2 N–H and O–H groups in total. The van der Waals surface area contributed by atoms with Crippen LogP contribution in [-0.4, -0.2) is 34.8 Å². The number of halogens is 1. The minimum atomic E-state index is -0.353. The summed E-state index contributed by atoms with van der Waals surface area (Å²) in [5.41, 5.74) is 8.19. The quantitative estimate of drug-likeness (QED) is 0.730. The SMILES string of the molecule is NC(=O)[C@H]1CCCN(C(=O)c2ccc3nc(Cc4cccc(Cl)c4)oc3c2)C1. The lowest BCUT2D eigenvalue weighted by Gasteiger charge is -2.31. The molecular weight excluding hydrogens is 378 g/mol. The number of piperidine rings is 1. The summed E-state index contributed by atoms with van der Waals surface area (Å²) in [7, 11) is 0. The molecule has 28 heavy (non-hydrogen) atoms. The molecule has 1 aromatic heterocycles. The molecule has 2 aromatic carbocycles. The lowest BCUT2D eigenvalue weighted by atomic mass is 9.97. The van der Waals surface area contributed by atoms with E-state index >= 15 is 0 Å². The van der Waals surface area contributed by atoms with Gasteiger partial charge in [-0.1, -0.05) is 23.7 Å². The van der Waals surface area contributed by atoms with Gasteiger partial charge in [0, 0.05) is 30.1 Å². The van der Waals surface area contributed by atoms with E-state index in [1.807, 2.05) is 24.3 Å². The Balaban J connectivity index is 1.54. The number of nitrogens with two attached hydrogens (primary N) is 1. The zero-order valence-corrected chi connectivity index (χ0v) is 16.0. The molecule has 1 atom stereocenters. The molecule has 4 rings (SSSR count). The number of hydrogen-bond acceptors (Lipinski definition) is 4. The number of carbonyl (C=O) groups excluding carboxylic acids is 2. The number of likely N-dealkylation sites (tertiary alicyclic amines) is 1. The van der Waals surface area contributed by atoms with Gasteiger partial charge in [0.25, 0.3) is 5.91 Å². The van der Waals surface area contributed by atoms with Crippen LogP contribution in [0.1, 0.15) is 34.7 Å². The van der Waals surface area contributed by atoms with Gasteiger partial charge in [-0.2, -0.15) is 0 Å². The zero-order valence-electron chi connectivity index (χ0n) is 15.2. The van der Waals surface area contributed by atoms with Gasteiger partial charge >= 0.3 is 0 Å². The van der Waals surface area contributed by atoms with Crippen molar-refractivity contribution in [1.82, 2.24) is 9.88 Å². The largest absolute Gasteiger partial charge is 0.440 e. The normalized spacial score (nSPS) is 17.0. The predicted octanol–water partition coefficient (Wildman–Crippen LogP) is 3.41. The topological polar surface area (TPSA) is 89.4 Å². The molecule has 6 nitrogen and oxygen atoms in total. The van der Waals surface area contributed by atoms with E-state index in [1.165, 1.54) is 0 Å². The molecule has 0 spiro atoms. The number of rotatable bonds is 4. The van der Waals surface area contributed by atoms with Crippen molar-refractivity contribution in [2.45, 2.75) is 19.3 Å². The van der Waals surface area contributed by atoms with Crippen LogP contribution in [0.4, 0.5) is 0 Å². The van der Waals surface area contributed by atoms with Crippen molar-refractivity contribution >= 4 is 34.5 Å². The van der Waals surface area contributed by atoms with E-state index < -0.39 is 0 Å². The van der Waals surface area contributed by atoms with E-state index in [0.29, 0.717) is 47.1 Å². The average Bonchev–Trinajstić information content (AvgIpc) is 3.08. The molecule has 0 bridgehead atoms. The van der Waals surface area contributed by atoms with Crippen LogP contribution >= 0.6 is 11.6 Å². The molecule has 2 amide bonds. The maximum atomic E-state index is 12.8. The number of fused-ring (bicyclic) bond motifs is 1. The van der Waals surface area contributed by atoms with Gasteiger partial charge in [-0.15, -0.1) is 0 Å². The number of primary amides is 1. The Hall–Kier alpha value is -2.86. The highest BCUT2D eigenvalue weighted by Crippen LogP contribution is 2.23. The van der Waals surface area contributed by atoms with Gasteiger partial charge in [-0.05, 0) is 48.7 Å². The molecule has 1 fully saturated rings. The van der Waals surface area contributed by atoms with Crippen LogP contribution in [0, 0.1) is 5.92 Å². The summed E-state index contributed by atoms with van der Waals surface area (Å²) in [6, 6.07) is 12.8. The molecule has 1 aliphatic rings. The first-order valence-corrected chi connectivity index (χ1v) is 9.60. The maximum absolute atomic E-state index is 12.8. The van der Waals surface area contributed by atoms with E-state index in [0.717, 1.165) is 18.4 Å². The summed E-state index contributed by atoms with van der Waals surface area (Å²) < 4.78 is 5.85. The van der Waals surface area contributed by atoms with E-state index in [4.69, 9.17) is 21.8 Å². The third-order valence-electron chi connectivity index (χ3n) is 5.04. The molecule has 1 aliphatic heterocycles. The highest BCUT2D eigenvalue weighted by molar-refractivity contribution is 6.30. The second kappa shape index (κ2) is 7.64. The van der Waals surface area contributed by atoms with Crippen molar-refractivity contribution in [3.8, 4) is 0 Å². The Morgan fingerprint density at radius 2 is 2.11 bits per heavy atom. The third kappa shape index (κ3) is 3.87. The van der Waals surface area contributed by atoms with Crippen molar-refractivity contribution in [1.29, 1.82) is 0 Å². The summed E-state index contributed by atoms with van der Waals surface area (Å²) in [4.78, 5) is 30.5. The fourth-order valence-electron chi connectivity index (χ4n) is 3.58. The van der Waals surface area contributed by atoms with Crippen LogP contribution in [0.15, 0.2) is 46.9 Å². The summed E-state index contributed by atoms with van der Waals surface area (Å²) in [6.45, 7) is 0.986. The van der Waals surface area contributed by atoms with Gasteiger partial charge in [0.05, 0.1) is 5.92 Å². The number of benzene rings is 2. The van der Waals surface area contributed by atoms with Crippen molar-refractivity contribution in [3.05, 3.63) is 64.5 Å². The lowest BCUT2D eigenvalue weighted by Crippen LogP contribution is -2.44. The predicted molar refractivity (Wildman–Crippen MR) is 106 cm³/mol. The van der Waals surface area contributed by atoms with Crippen LogP contribution in [0.2, 0.25) is 5.02 Å². The monoisotopic (exact) mass is 397 g/mol. The Morgan fingerprint density at radius 1 is 1.25 bits per heavy atom. The molecular formula is C21H20ClN3O3. The maximum Gasteiger partial charge on any atom is 0.254 e. The van der Waals surface area contributed by atoms with E-state index in [2.05, 4.69) is 4.98 Å². The average molecular weight is 398 g/mol. The van der Waals surface area contributed by atoms with Gasteiger partial charge in [-0.3, -0.25) is 9.59 Å². The Kier molecular flexibility index (Phi) is 5.05. The minimum absolute atomic E-state index is 0.124. The molecule has 0 unspecified atom stereocenters. The van der Waals surface area contributed by atoms with E-state index in [-0.39, 0.29) is 17.7 Å². The van der Waals surface area contributed by atoms with Gasteiger partial charge in [0.2, 0.25) is 5.91 Å². The van der Waals surface area contributed by atoms with Crippen molar-refractivity contribution < 1.29 is 14.0 Å². The van der Waals surface area contributed by atoms with Crippen LogP contribution in [-0.2, 0) is 11.2 Å². The second-order valence-electron chi connectivity index (χ2n) is 7.09. The smallest absolute Gasteiger partial charge is 0.254 e. The number of amides is 2. The van der Waals surface area contributed by atoms with Crippen molar-refractivity contribution in [2.24, 2.45) is 11.7 Å². The number of hydrogen-bond donors (Lipinski definition) is 1. The highest BCUT2D eigenvalue weighted by Gasteiger charge is 2.27. The second-order valence-corrected chi connectivity index (χ2v) is 7.53. The molecule has 0 aliphatic carbocycles. The first-order chi connectivity index (χ1) is 13.5. The molecule has 0 radical (unpaired) electrons. The standard InChI is InChI=1S/C21H20ClN3O3/c22-16-5-1-3-13(9-16)10-19-24-17-7-6-14(11-18(17)28-19)21(27)25-8-2-4-15(12-25)20(23)26/h1,3,5-7,9,11,15H,2,4,8,10,12H2,(H2,23,26)/t15-/m0/s1. The van der Waals surface area contributed by atoms with Gasteiger partial charge in [0.1, 0.15) is 5.52 Å². The number of aromatic nitrogens is 1. The molecule has 144 valence electrons. The van der Waals surface area contributed by atoms with Crippen LogP contribution in [0.5, 0.6) is 0 Å². The highest BCUT2D eigenvalue weighted by atomic mass is 35.5. The summed E-state index contributed by atoms with van der Waals surface area (Å²) in [5, 5.41) is 0.664. The summed E-state index contributed by atoms with van der Waals surface area (Å²) >= 11 is 6.03. The van der Waals surface area contributed by atoms with E-state index in [1.54, 1.807) is 23.1 Å². The van der Waals surface area contributed by atoms with Gasteiger partial charge in [-0.25, -0.2) is 4.98 Å². The fourth-order valence-corrected chi connectivity index (χ4v) is 3.79. The molecule has 0 saturated carbocycles. The molecule has 2 heterocycles.